The number of nitrogens with one attached hydrogen (secondary N) is 1. The van der Waals surface area contributed by atoms with Crippen molar-refractivity contribution in [3.05, 3.63) is 69.2 Å². The monoisotopic (exact) mass is 463 g/mol. The first kappa shape index (κ1) is 20.9. The fraction of sp³-hybridized carbons (Fsp3) is 0.118. The molecule has 0 aliphatic heterocycles. The number of rotatable bonds is 5. The molecule has 0 bridgehead atoms. The lowest BCUT2D eigenvalue weighted by Crippen LogP contribution is -2.12. The smallest absolute Gasteiger partial charge is 0.296 e. The maximum atomic E-state index is 12.6. The zero-order valence-electron chi connectivity index (χ0n) is 13.8. The van der Waals surface area contributed by atoms with Gasteiger partial charge in [-0.15, -0.1) is 10.2 Å². The summed E-state index contributed by atoms with van der Waals surface area (Å²) in [4.78, 5) is 12.2. The van der Waals surface area contributed by atoms with Gasteiger partial charge < -0.3 is 0 Å². The molecule has 1 aromatic heterocycles. The molecule has 11 heteroatoms. The average Bonchev–Trinajstić information content (AvgIpc) is 3.07. The number of hydrogen-bond donors (Lipinski definition) is 1. The molecule has 1 heterocycles. The second-order valence-corrected chi connectivity index (χ2v) is 8.48. The number of nitrogens with zero attached hydrogens (tertiary/aromatic N) is 2. The van der Waals surface area contributed by atoms with E-state index in [0.29, 0.717) is 20.7 Å². The molecule has 0 aliphatic carbocycles. The zero-order chi connectivity index (χ0) is 20.3. The minimum atomic E-state index is -4.36. The molecule has 3 aromatic rings. The minimum Gasteiger partial charge on any atom is -0.296 e. The molecule has 28 heavy (non-hydrogen) atoms. The summed E-state index contributed by atoms with van der Waals surface area (Å²) in [7, 11) is 0. The van der Waals surface area contributed by atoms with Crippen LogP contribution >= 0.6 is 46.3 Å². The molecule has 146 valence electrons. The molecule has 1 amide bonds. The first-order chi connectivity index (χ1) is 13.2. The van der Waals surface area contributed by atoms with Gasteiger partial charge in [0, 0.05) is 10.8 Å². The van der Waals surface area contributed by atoms with Crippen LogP contribution in [0.2, 0.25) is 10.0 Å². The molecule has 0 unspecified atom stereocenters. The van der Waals surface area contributed by atoms with Crippen LogP contribution in [0.3, 0.4) is 0 Å². The molecule has 0 fully saturated rings. The normalized spacial score (nSPS) is 11.5. The van der Waals surface area contributed by atoms with E-state index in [0.717, 1.165) is 23.5 Å². The number of benzene rings is 2. The minimum absolute atomic E-state index is 0.214. The fourth-order valence-electron chi connectivity index (χ4n) is 2.09. The van der Waals surface area contributed by atoms with Gasteiger partial charge >= 0.3 is 6.18 Å². The van der Waals surface area contributed by atoms with Gasteiger partial charge in [0.15, 0.2) is 4.34 Å². The molecule has 2 aromatic carbocycles. The first-order valence-corrected chi connectivity index (χ1v) is 10.2. The van der Waals surface area contributed by atoms with E-state index in [1.54, 1.807) is 6.07 Å². The number of carbonyl (C=O) groups is 1. The van der Waals surface area contributed by atoms with E-state index < -0.39 is 17.6 Å². The molecule has 0 spiro atoms. The highest BCUT2D eigenvalue weighted by molar-refractivity contribution is 8.00. The summed E-state index contributed by atoms with van der Waals surface area (Å²) in [6.45, 7) is 0. The van der Waals surface area contributed by atoms with Gasteiger partial charge in [-0.1, -0.05) is 58.4 Å². The predicted molar refractivity (Wildman–Crippen MR) is 105 cm³/mol. The third-order valence-corrected chi connectivity index (χ3v) is 6.04. The Labute approximate surface area is 176 Å². The van der Waals surface area contributed by atoms with Gasteiger partial charge in [-0.2, -0.15) is 13.2 Å². The van der Waals surface area contributed by atoms with Crippen LogP contribution in [0.1, 0.15) is 21.5 Å². The van der Waals surface area contributed by atoms with E-state index in [-0.39, 0.29) is 15.7 Å². The van der Waals surface area contributed by atoms with Gasteiger partial charge in [-0.05, 0) is 35.9 Å². The average molecular weight is 464 g/mol. The molecule has 0 saturated carbocycles. The van der Waals surface area contributed by atoms with E-state index >= 15 is 0 Å². The number of aromatic nitrogens is 2. The summed E-state index contributed by atoms with van der Waals surface area (Å²) in [5, 5.41) is 11.4. The quantitative estimate of drug-likeness (QED) is 0.350. The van der Waals surface area contributed by atoms with Gasteiger partial charge in [-0.25, -0.2) is 0 Å². The van der Waals surface area contributed by atoms with E-state index in [1.807, 2.05) is 0 Å². The Morgan fingerprint density at radius 3 is 2.46 bits per heavy atom. The van der Waals surface area contributed by atoms with E-state index in [1.165, 1.54) is 36.0 Å². The van der Waals surface area contributed by atoms with Crippen LogP contribution in [-0.4, -0.2) is 16.1 Å². The summed E-state index contributed by atoms with van der Waals surface area (Å²) in [6, 6.07) is 9.43. The molecular formula is C17H10Cl2F3N3OS2. The van der Waals surface area contributed by atoms with Gasteiger partial charge in [0.25, 0.3) is 5.91 Å². The van der Waals surface area contributed by atoms with Crippen molar-refractivity contribution in [3.63, 3.8) is 0 Å². The Hall–Kier alpha value is -1.81. The van der Waals surface area contributed by atoms with Crippen molar-refractivity contribution in [2.75, 3.05) is 5.32 Å². The molecule has 0 saturated heterocycles. The van der Waals surface area contributed by atoms with Crippen molar-refractivity contribution < 1.29 is 18.0 Å². The molecule has 0 atom stereocenters. The summed E-state index contributed by atoms with van der Waals surface area (Å²) in [5.41, 5.74) is 0.273. The predicted octanol–water partition coefficient (Wildman–Crippen LogP) is 6.41. The van der Waals surface area contributed by atoms with Gasteiger partial charge in [0.2, 0.25) is 5.13 Å². The highest BCUT2D eigenvalue weighted by Crippen LogP contribution is 2.32. The van der Waals surface area contributed by atoms with Crippen molar-refractivity contribution in [3.8, 4) is 0 Å². The standard InChI is InChI=1S/C17H10Cl2F3N3OS2/c18-11-5-6-12(13(19)7-11)14(26)23-15-24-25-16(28-15)27-8-9-1-3-10(4-2-9)17(20,21)22/h1-7H,8H2,(H,23,24,26). The van der Waals surface area contributed by atoms with Crippen LogP contribution in [0, 0.1) is 0 Å². The number of thioether (sulfide) groups is 1. The largest absolute Gasteiger partial charge is 0.416 e. The SMILES string of the molecule is O=C(Nc1nnc(SCc2ccc(C(F)(F)F)cc2)s1)c1ccc(Cl)cc1Cl. The molecule has 4 nitrogen and oxygen atoms in total. The van der Waals surface area contributed by atoms with Crippen molar-refractivity contribution >= 4 is 57.3 Å². The summed E-state index contributed by atoms with van der Waals surface area (Å²) < 4.78 is 38.3. The molecule has 0 radical (unpaired) electrons. The summed E-state index contributed by atoms with van der Waals surface area (Å²) in [6.07, 6.45) is -4.36. The second-order valence-electron chi connectivity index (χ2n) is 5.43. The van der Waals surface area contributed by atoms with Crippen LogP contribution < -0.4 is 5.32 Å². The molecular weight excluding hydrogens is 454 g/mol. The third kappa shape index (κ3) is 5.38. The van der Waals surface area contributed by atoms with Crippen LogP contribution in [0.4, 0.5) is 18.3 Å². The van der Waals surface area contributed by atoms with E-state index in [2.05, 4.69) is 15.5 Å². The zero-order valence-corrected chi connectivity index (χ0v) is 16.9. The highest BCUT2D eigenvalue weighted by Gasteiger charge is 2.29. The Balaban J connectivity index is 1.59. The Morgan fingerprint density at radius 1 is 1.11 bits per heavy atom. The summed E-state index contributed by atoms with van der Waals surface area (Å²) >= 11 is 14.3. The third-order valence-electron chi connectivity index (χ3n) is 3.45. The van der Waals surface area contributed by atoms with Crippen molar-refractivity contribution in [2.45, 2.75) is 16.3 Å². The van der Waals surface area contributed by atoms with Gasteiger partial charge in [0.1, 0.15) is 0 Å². The highest BCUT2D eigenvalue weighted by atomic mass is 35.5. The number of amides is 1. The molecule has 3 rings (SSSR count). The van der Waals surface area contributed by atoms with E-state index in [9.17, 15) is 18.0 Å². The van der Waals surface area contributed by atoms with Crippen LogP contribution in [0.15, 0.2) is 46.8 Å². The number of carbonyl (C=O) groups excluding carboxylic acids is 1. The van der Waals surface area contributed by atoms with Crippen LogP contribution in [0.5, 0.6) is 0 Å². The summed E-state index contributed by atoms with van der Waals surface area (Å²) in [5.74, 6) is -0.0268. The van der Waals surface area contributed by atoms with Crippen LogP contribution in [-0.2, 0) is 11.9 Å². The Morgan fingerprint density at radius 2 is 1.82 bits per heavy atom. The van der Waals surface area contributed by atoms with Crippen LogP contribution in [0.25, 0.3) is 0 Å². The number of alkyl halides is 3. The maximum Gasteiger partial charge on any atom is 0.416 e. The van der Waals surface area contributed by atoms with Gasteiger partial charge in [0.05, 0.1) is 16.1 Å². The van der Waals surface area contributed by atoms with Crippen molar-refractivity contribution in [1.82, 2.24) is 10.2 Å². The molecule has 0 aliphatic rings. The van der Waals surface area contributed by atoms with Crippen molar-refractivity contribution in [1.29, 1.82) is 0 Å². The maximum absolute atomic E-state index is 12.6. The second kappa shape index (κ2) is 8.69. The Bertz CT molecular complexity index is 994. The number of anilines is 1. The van der Waals surface area contributed by atoms with Crippen molar-refractivity contribution in [2.24, 2.45) is 0 Å². The van der Waals surface area contributed by atoms with E-state index in [4.69, 9.17) is 23.2 Å². The number of hydrogen-bond acceptors (Lipinski definition) is 5. The molecule has 1 N–H and O–H groups in total. The first-order valence-electron chi connectivity index (χ1n) is 7.61. The number of halogens is 5. The fourth-order valence-corrected chi connectivity index (χ4v) is 4.29. The van der Waals surface area contributed by atoms with Gasteiger partial charge in [-0.3, -0.25) is 10.1 Å². The lowest BCUT2D eigenvalue weighted by atomic mass is 10.1. The lowest BCUT2D eigenvalue weighted by Gasteiger charge is -2.06. The Kier molecular flexibility index (Phi) is 6.49. The topological polar surface area (TPSA) is 54.9 Å². The lowest BCUT2D eigenvalue weighted by molar-refractivity contribution is -0.137.